The highest BCUT2D eigenvalue weighted by Gasteiger charge is 2.39. The molecule has 144 valence electrons. The minimum absolute atomic E-state index is 0.0351. The maximum Gasteiger partial charge on any atom is 0.291 e. The second-order valence-corrected chi connectivity index (χ2v) is 7.42. The number of aliphatic hydroxyl groups is 1. The van der Waals surface area contributed by atoms with Crippen LogP contribution in [0, 0.1) is 6.92 Å². The molecule has 1 fully saturated rings. The topological polar surface area (TPSA) is 88.6 Å². The number of carbonyl (C=O) groups is 1. The number of carbonyl (C=O) groups excluding carboxylic acids is 1. The number of hydrogen-bond acceptors (Lipinski definition) is 4. The zero-order valence-electron chi connectivity index (χ0n) is 16.5. The number of hydrogen-bond donors (Lipinski definition) is 2. The molecule has 2 N–H and O–H groups in total. The molecule has 0 radical (unpaired) electrons. The summed E-state index contributed by atoms with van der Waals surface area (Å²) in [7, 11) is 0. The van der Waals surface area contributed by atoms with Crippen molar-refractivity contribution in [2.45, 2.75) is 78.5 Å². The summed E-state index contributed by atoms with van der Waals surface area (Å²) in [5.41, 5.74) is 0.545. The molecule has 0 saturated heterocycles. The van der Waals surface area contributed by atoms with Crippen LogP contribution < -0.4 is 10.9 Å². The molecule has 3 rings (SSSR count). The quantitative estimate of drug-likeness (QED) is 0.870. The number of amides is 1. The first-order valence-corrected chi connectivity index (χ1v) is 9.28. The summed E-state index contributed by atoms with van der Waals surface area (Å²) in [4.78, 5) is 24.8. The Kier molecular flexibility index (Phi) is 5.91. The van der Waals surface area contributed by atoms with Crippen molar-refractivity contribution >= 4 is 11.4 Å². The van der Waals surface area contributed by atoms with Crippen LogP contribution in [0.2, 0.25) is 0 Å². The summed E-state index contributed by atoms with van der Waals surface area (Å²) < 4.78 is 3.04. The second kappa shape index (κ2) is 7.61. The molecule has 26 heavy (non-hydrogen) atoms. The number of rotatable bonds is 4. The van der Waals surface area contributed by atoms with Crippen molar-refractivity contribution in [2.24, 2.45) is 0 Å². The molecule has 7 nitrogen and oxygen atoms in total. The summed E-state index contributed by atoms with van der Waals surface area (Å²) in [5, 5.41) is 17.0. The summed E-state index contributed by atoms with van der Waals surface area (Å²) in [5.74, 6) is 0.612. The lowest BCUT2D eigenvalue weighted by molar-refractivity contribution is -0.125. The molecule has 0 atom stereocenters. The van der Waals surface area contributed by atoms with E-state index < -0.39 is 5.60 Å². The molecule has 0 aliphatic heterocycles. The third kappa shape index (κ3) is 4.15. The van der Waals surface area contributed by atoms with E-state index in [1.807, 2.05) is 46.9 Å². The first kappa shape index (κ1) is 20.2. The van der Waals surface area contributed by atoms with Gasteiger partial charge < -0.3 is 10.4 Å². The number of aryl methyl sites for hydroxylation is 1. The summed E-state index contributed by atoms with van der Waals surface area (Å²) in [6.45, 7) is 11.6. The summed E-state index contributed by atoms with van der Waals surface area (Å²) >= 11 is 0. The second-order valence-electron chi connectivity index (χ2n) is 7.42. The standard InChI is InChI=1S/C17H24N4O3.C2H6/c1-10(2)15-19-21(16(23)13-5-11(3)8-20(13)15)9-14(22)18-12-6-17(4,24)7-12;1-2/h5,8,10,12,24H,6-7,9H2,1-4H3,(H,18,22);1-2H3. The van der Waals surface area contributed by atoms with Gasteiger partial charge in [-0.2, -0.15) is 5.10 Å². The van der Waals surface area contributed by atoms with E-state index in [4.69, 9.17) is 0 Å². The van der Waals surface area contributed by atoms with E-state index in [0.29, 0.717) is 18.4 Å². The van der Waals surface area contributed by atoms with E-state index in [0.717, 1.165) is 11.4 Å². The van der Waals surface area contributed by atoms with E-state index in [2.05, 4.69) is 10.4 Å². The van der Waals surface area contributed by atoms with Crippen molar-refractivity contribution in [3.05, 3.63) is 34.0 Å². The predicted molar refractivity (Wildman–Crippen MR) is 101 cm³/mol. The van der Waals surface area contributed by atoms with Crippen molar-refractivity contribution in [3.8, 4) is 0 Å². The SMILES string of the molecule is CC.Cc1cc2c(=O)n(CC(=O)NC3CC(C)(O)C3)nc(C(C)C)n2c1. The number of nitrogens with one attached hydrogen (secondary N) is 1. The minimum Gasteiger partial charge on any atom is -0.390 e. The monoisotopic (exact) mass is 362 g/mol. The fraction of sp³-hybridized carbons (Fsp3) is 0.632. The molecule has 0 unspecified atom stereocenters. The highest BCUT2D eigenvalue weighted by atomic mass is 16.3. The van der Waals surface area contributed by atoms with Crippen LogP contribution in [0.4, 0.5) is 0 Å². The molecule has 2 aromatic rings. The molecular weight excluding hydrogens is 332 g/mol. The Bertz CT molecular complexity index is 840. The van der Waals surface area contributed by atoms with Gasteiger partial charge in [0.2, 0.25) is 5.91 Å². The zero-order chi connectivity index (χ0) is 19.6. The number of fused-ring (bicyclic) bond motifs is 1. The first-order valence-electron chi connectivity index (χ1n) is 9.28. The Labute approximate surface area is 154 Å². The Hall–Kier alpha value is -2.15. The van der Waals surface area contributed by atoms with Gasteiger partial charge in [0.1, 0.15) is 17.9 Å². The van der Waals surface area contributed by atoms with Crippen LogP contribution in [0.1, 0.15) is 64.8 Å². The highest BCUT2D eigenvalue weighted by Crippen LogP contribution is 2.31. The van der Waals surface area contributed by atoms with Gasteiger partial charge in [-0.15, -0.1) is 0 Å². The van der Waals surface area contributed by atoms with Gasteiger partial charge in [-0.1, -0.05) is 27.7 Å². The molecule has 0 bridgehead atoms. The van der Waals surface area contributed by atoms with E-state index in [9.17, 15) is 14.7 Å². The Balaban J connectivity index is 0.00000117. The molecule has 2 heterocycles. The predicted octanol–water partition coefficient (Wildman–Crippen LogP) is 1.98. The van der Waals surface area contributed by atoms with Crippen molar-refractivity contribution in [2.75, 3.05) is 0 Å². The van der Waals surface area contributed by atoms with Crippen molar-refractivity contribution < 1.29 is 9.90 Å². The van der Waals surface area contributed by atoms with Gasteiger partial charge in [-0.05, 0) is 38.3 Å². The lowest BCUT2D eigenvalue weighted by Crippen LogP contribution is -2.54. The molecule has 1 saturated carbocycles. The summed E-state index contributed by atoms with van der Waals surface area (Å²) in [6.07, 6.45) is 2.96. The van der Waals surface area contributed by atoms with Crippen molar-refractivity contribution in [3.63, 3.8) is 0 Å². The smallest absolute Gasteiger partial charge is 0.291 e. The van der Waals surface area contributed by atoms with Gasteiger partial charge in [-0.3, -0.25) is 14.0 Å². The largest absolute Gasteiger partial charge is 0.390 e. The third-order valence-corrected chi connectivity index (χ3v) is 4.43. The van der Waals surface area contributed by atoms with E-state index in [-0.39, 0.29) is 30.0 Å². The Morgan fingerprint density at radius 1 is 1.42 bits per heavy atom. The molecule has 0 aromatic carbocycles. The summed E-state index contributed by atoms with van der Waals surface area (Å²) in [6, 6.07) is 1.78. The minimum atomic E-state index is -0.694. The molecule has 1 aliphatic carbocycles. The fourth-order valence-electron chi connectivity index (χ4n) is 3.31. The van der Waals surface area contributed by atoms with Crippen LogP contribution in [0.25, 0.3) is 5.52 Å². The molecule has 1 amide bonds. The van der Waals surface area contributed by atoms with Crippen molar-refractivity contribution in [1.29, 1.82) is 0 Å². The fourth-order valence-corrected chi connectivity index (χ4v) is 3.31. The molecule has 1 aliphatic rings. The van der Waals surface area contributed by atoms with E-state index in [1.54, 1.807) is 11.3 Å². The van der Waals surface area contributed by atoms with Crippen LogP contribution >= 0.6 is 0 Å². The van der Waals surface area contributed by atoms with Gasteiger partial charge in [0.25, 0.3) is 5.56 Å². The van der Waals surface area contributed by atoms with Gasteiger partial charge in [-0.25, -0.2) is 4.68 Å². The number of nitrogens with zero attached hydrogens (tertiary/aromatic N) is 3. The third-order valence-electron chi connectivity index (χ3n) is 4.43. The molecule has 0 spiro atoms. The van der Waals surface area contributed by atoms with Gasteiger partial charge in [0, 0.05) is 18.2 Å². The van der Waals surface area contributed by atoms with Crippen LogP contribution in [0.3, 0.4) is 0 Å². The van der Waals surface area contributed by atoms with Crippen LogP contribution in [0.5, 0.6) is 0 Å². The molecule has 2 aromatic heterocycles. The zero-order valence-corrected chi connectivity index (χ0v) is 16.5. The van der Waals surface area contributed by atoms with Crippen LogP contribution in [0.15, 0.2) is 17.1 Å². The average molecular weight is 362 g/mol. The van der Waals surface area contributed by atoms with Gasteiger partial charge in [0.15, 0.2) is 0 Å². The number of aromatic nitrogens is 3. The van der Waals surface area contributed by atoms with Crippen molar-refractivity contribution in [1.82, 2.24) is 19.5 Å². The first-order chi connectivity index (χ1) is 12.2. The van der Waals surface area contributed by atoms with Crippen LogP contribution in [-0.4, -0.2) is 36.8 Å². The highest BCUT2D eigenvalue weighted by molar-refractivity contribution is 5.76. The van der Waals surface area contributed by atoms with Gasteiger partial charge >= 0.3 is 0 Å². The van der Waals surface area contributed by atoms with E-state index in [1.165, 1.54) is 4.68 Å². The lowest BCUT2D eigenvalue weighted by atomic mass is 9.77. The molecule has 7 heteroatoms. The van der Waals surface area contributed by atoms with Gasteiger partial charge in [0.05, 0.1) is 5.60 Å². The average Bonchev–Trinajstić information content (AvgIpc) is 2.92. The normalized spacial score (nSPS) is 21.9. The maximum absolute atomic E-state index is 12.6. The van der Waals surface area contributed by atoms with E-state index >= 15 is 0 Å². The Morgan fingerprint density at radius 2 is 2.04 bits per heavy atom. The maximum atomic E-state index is 12.6. The van der Waals surface area contributed by atoms with Crippen LogP contribution in [-0.2, 0) is 11.3 Å². The Morgan fingerprint density at radius 3 is 2.58 bits per heavy atom. The molecular formula is C19H30N4O3. The lowest BCUT2D eigenvalue weighted by Gasteiger charge is -2.41.